The number of rotatable bonds is 7. The number of nitrogens with one attached hydrogen (secondary N) is 2. The van der Waals surface area contributed by atoms with E-state index in [1.54, 1.807) is 16.7 Å². The lowest BCUT2D eigenvalue weighted by Gasteiger charge is -2.22. The molecule has 0 bridgehead atoms. The summed E-state index contributed by atoms with van der Waals surface area (Å²) in [7, 11) is 0. The summed E-state index contributed by atoms with van der Waals surface area (Å²) in [4.78, 5) is 31.9. The third-order valence-corrected chi connectivity index (χ3v) is 6.06. The highest BCUT2D eigenvalue weighted by atomic mass is 32.2. The molecular weight excluding hydrogens is 390 g/mol. The van der Waals surface area contributed by atoms with Crippen molar-refractivity contribution in [2.75, 3.05) is 36.6 Å². The minimum absolute atomic E-state index is 0.0781. The zero-order valence-electron chi connectivity index (χ0n) is 16.6. The molecule has 2 N–H and O–H groups in total. The summed E-state index contributed by atoms with van der Waals surface area (Å²) >= 11 is 1.66. The molecule has 2 aromatic rings. The van der Waals surface area contributed by atoms with Crippen molar-refractivity contribution in [2.24, 2.45) is 0 Å². The number of thioether (sulfide) groups is 1. The largest absolute Gasteiger partial charge is 0.376 e. The highest BCUT2D eigenvalue weighted by Crippen LogP contribution is 2.27. The predicted molar refractivity (Wildman–Crippen MR) is 114 cm³/mol. The number of aromatic nitrogens is 2. The van der Waals surface area contributed by atoms with E-state index in [1.807, 2.05) is 35.1 Å². The second kappa shape index (κ2) is 9.04. The molecule has 1 fully saturated rings. The maximum atomic E-state index is 13.0. The summed E-state index contributed by atoms with van der Waals surface area (Å²) in [5, 5.41) is 5.86. The molecule has 4 rings (SSSR count). The Kier molecular flexibility index (Phi) is 6.25. The zero-order valence-corrected chi connectivity index (χ0v) is 17.4. The van der Waals surface area contributed by atoms with E-state index >= 15 is 0 Å². The molecule has 3 heterocycles. The maximum Gasteiger partial charge on any atom is 0.324 e. The first-order valence-corrected chi connectivity index (χ1v) is 11.5. The van der Waals surface area contributed by atoms with Crippen LogP contribution in [0.4, 0.5) is 10.7 Å². The van der Waals surface area contributed by atoms with Gasteiger partial charge in [-0.1, -0.05) is 12.1 Å². The standard InChI is InChI=1S/C20H27N5O3S/c1-29-12-8-16(18(26)21-13-14-5-4-11-28-14)23-20(27)25-10-9-24-17-7-3-2-6-15(17)22-19(24)25/h2-3,6-7,14,16H,4-5,8-13H2,1H3,(H,21,26)(H,23,27)/t14?,16-/m0/s1. The smallest absolute Gasteiger partial charge is 0.324 e. The van der Waals surface area contributed by atoms with Crippen LogP contribution in [0.2, 0.25) is 0 Å². The summed E-state index contributed by atoms with van der Waals surface area (Å²) < 4.78 is 7.61. The minimum atomic E-state index is -0.574. The number of ether oxygens (including phenoxy) is 1. The molecule has 1 aromatic carbocycles. The van der Waals surface area contributed by atoms with Gasteiger partial charge in [0.1, 0.15) is 6.04 Å². The van der Waals surface area contributed by atoms with Crippen LogP contribution in [-0.4, -0.2) is 65.3 Å². The van der Waals surface area contributed by atoms with Crippen molar-refractivity contribution < 1.29 is 14.3 Å². The Morgan fingerprint density at radius 3 is 3.00 bits per heavy atom. The van der Waals surface area contributed by atoms with Crippen molar-refractivity contribution in [1.82, 2.24) is 20.2 Å². The third kappa shape index (κ3) is 4.35. The van der Waals surface area contributed by atoms with Crippen LogP contribution in [0.3, 0.4) is 0 Å². The zero-order chi connectivity index (χ0) is 20.2. The number of nitrogens with zero attached hydrogens (tertiary/aromatic N) is 3. The molecule has 2 aliphatic rings. The molecule has 1 unspecified atom stereocenters. The van der Waals surface area contributed by atoms with Gasteiger partial charge in [-0.05, 0) is 43.4 Å². The molecular formula is C20H27N5O3S. The molecule has 0 radical (unpaired) electrons. The van der Waals surface area contributed by atoms with Crippen LogP contribution in [0, 0.1) is 0 Å². The SMILES string of the molecule is CSCC[C@H](NC(=O)N1CCn2c1nc1ccccc12)C(=O)NCC1CCCO1. The summed E-state index contributed by atoms with van der Waals surface area (Å²) in [6, 6.07) is 7.00. The number of imidazole rings is 1. The van der Waals surface area contributed by atoms with Gasteiger partial charge in [0.2, 0.25) is 11.9 Å². The van der Waals surface area contributed by atoms with Crippen LogP contribution < -0.4 is 15.5 Å². The Balaban J connectivity index is 1.42. The van der Waals surface area contributed by atoms with Crippen molar-refractivity contribution in [2.45, 2.75) is 38.0 Å². The fraction of sp³-hybridized carbons (Fsp3) is 0.550. The Labute approximate surface area is 174 Å². The molecule has 1 saturated heterocycles. The highest BCUT2D eigenvalue weighted by molar-refractivity contribution is 7.98. The van der Waals surface area contributed by atoms with Gasteiger partial charge >= 0.3 is 6.03 Å². The summed E-state index contributed by atoms with van der Waals surface area (Å²) in [6.45, 7) is 2.49. The number of hydrogen-bond donors (Lipinski definition) is 2. The first-order valence-electron chi connectivity index (χ1n) is 10.1. The third-order valence-electron chi connectivity index (χ3n) is 5.42. The van der Waals surface area contributed by atoms with E-state index in [-0.39, 0.29) is 18.0 Å². The van der Waals surface area contributed by atoms with Crippen LogP contribution in [0.25, 0.3) is 11.0 Å². The quantitative estimate of drug-likeness (QED) is 0.719. The van der Waals surface area contributed by atoms with Gasteiger partial charge in [-0.25, -0.2) is 9.78 Å². The number of urea groups is 1. The van der Waals surface area contributed by atoms with Gasteiger partial charge in [0, 0.05) is 26.2 Å². The molecule has 0 spiro atoms. The molecule has 2 aliphatic heterocycles. The fourth-order valence-corrected chi connectivity index (χ4v) is 4.33. The topological polar surface area (TPSA) is 88.5 Å². The minimum Gasteiger partial charge on any atom is -0.376 e. The van der Waals surface area contributed by atoms with Gasteiger partial charge < -0.3 is 19.9 Å². The Morgan fingerprint density at radius 2 is 2.21 bits per heavy atom. The number of benzene rings is 1. The average Bonchev–Trinajstić information content (AvgIpc) is 3.45. The van der Waals surface area contributed by atoms with E-state index in [4.69, 9.17) is 4.74 Å². The molecule has 1 aromatic heterocycles. The maximum absolute atomic E-state index is 13.0. The van der Waals surface area contributed by atoms with Crippen molar-refractivity contribution in [3.63, 3.8) is 0 Å². The lowest BCUT2D eigenvalue weighted by atomic mass is 10.2. The van der Waals surface area contributed by atoms with E-state index in [2.05, 4.69) is 15.6 Å². The van der Waals surface area contributed by atoms with Crippen LogP contribution in [-0.2, 0) is 16.1 Å². The summed E-state index contributed by atoms with van der Waals surface area (Å²) in [5.41, 5.74) is 1.89. The predicted octanol–water partition coefficient (Wildman–Crippen LogP) is 1.98. The Hall–Kier alpha value is -2.26. The van der Waals surface area contributed by atoms with Gasteiger partial charge in [0.25, 0.3) is 0 Å². The second-order valence-corrected chi connectivity index (χ2v) is 8.35. The van der Waals surface area contributed by atoms with Crippen LogP contribution in [0.5, 0.6) is 0 Å². The number of para-hydroxylation sites is 2. The van der Waals surface area contributed by atoms with E-state index in [1.165, 1.54) is 0 Å². The number of hydrogen-bond acceptors (Lipinski definition) is 5. The normalized spacial score (nSPS) is 19.3. The van der Waals surface area contributed by atoms with Crippen molar-refractivity contribution in [3.8, 4) is 0 Å². The highest BCUT2D eigenvalue weighted by Gasteiger charge is 2.31. The molecule has 8 nitrogen and oxygen atoms in total. The number of carbonyl (C=O) groups excluding carboxylic acids is 2. The number of fused-ring (bicyclic) bond motifs is 3. The van der Waals surface area contributed by atoms with Crippen LogP contribution in [0.1, 0.15) is 19.3 Å². The molecule has 3 amide bonds. The van der Waals surface area contributed by atoms with Crippen LogP contribution in [0.15, 0.2) is 24.3 Å². The summed E-state index contributed by atoms with van der Waals surface area (Å²) in [5.74, 6) is 1.26. The van der Waals surface area contributed by atoms with E-state index < -0.39 is 6.04 Å². The molecule has 0 aliphatic carbocycles. The van der Waals surface area contributed by atoms with E-state index in [9.17, 15) is 9.59 Å². The Morgan fingerprint density at radius 1 is 1.34 bits per heavy atom. The molecule has 0 saturated carbocycles. The lowest BCUT2D eigenvalue weighted by molar-refractivity contribution is -0.123. The monoisotopic (exact) mass is 417 g/mol. The molecule has 156 valence electrons. The van der Waals surface area contributed by atoms with Crippen molar-refractivity contribution in [1.29, 1.82) is 0 Å². The van der Waals surface area contributed by atoms with Crippen LogP contribution >= 0.6 is 11.8 Å². The molecule has 9 heteroatoms. The summed E-state index contributed by atoms with van der Waals surface area (Å²) in [6.07, 6.45) is 4.64. The number of anilines is 1. The van der Waals surface area contributed by atoms with E-state index in [0.717, 1.165) is 36.2 Å². The molecule has 2 atom stereocenters. The Bertz CT molecular complexity index is 880. The molecule has 29 heavy (non-hydrogen) atoms. The second-order valence-electron chi connectivity index (χ2n) is 7.37. The van der Waals surface area contributed by atoms with Gasteiger partial charge in [-0.15, -0.1) is 0 Å². The van der Waals surface area contributed by atoms with E-state index in [0.29, 0.717) is 32.0 Å². The van der Waals surface area contributed by atoms with Crippen molar-refractivity contribution >= 4 is 40.7 Å². The number of carbonyl (C=O) groups is 2. The first-order chi connectivity index (χ1) is 14.2. The average molecular weight is 418 g/mol. The van der Waals surface area contributed by atoms with Gasteiger partial charge in [-0.3, -0.25) is 9.69 Å². The van der Waals surface area contributed by atoms with Gasteiger partial charge in [-0.2, -0.15) is 11.8 Å². The number of amides is 3. The van der Waals surface area contributed by atoms with Gasteiger partial charge in [0.15, 0.2) is 0 Å². The fourth-order valence-electron chi connectivity index (χ4n) is 3.86. The van der Waals surface area contributed by atoms with Crippen molar-refractivity contribution in [3.05, 3.63) is 24.3 Å². The lowest BCUT2D eigenvalue weighted by Crippen LogP contribution is -2.52. The van der Waals surface area contributed by atoms with Gasteiger partial charge in [0.05, 0.1) is 17.1 Å². The first kappa shape index (κ1) is 20.0.